The summed E-state index contributed by atoms with van der Waals surface area (Å²) >= 11 is 1.57. The molecule has 2 aromatic heterocycles. The molecule has 102 valence electrons. The van der Waals surface area contributed by atoms with Crippen LogP contribution in [0.3, 0.4) is 0 Å². The summed E-state index contributed by atoms with van der Waals surface area (Å²) < 4.78 is 3.56. The van der Waals surface area contributed by atoms with Crippen molar-refractivity contribution in [1.29, 1.82) is 0 Å². The second kappa shape index (κ2) is 5.13. The smallest absolute Gasteiger partial charge is 0.261 e. The molecule has 0 N–H and O–H groups in total. The fourth-order valence-electron chi connectivity index (χ4n) is 2.01. The number of hydrogen-bond acceptors (Lipinski definition) is 4. The number of aryl methyl sites for hydroxylation is 1. The molecule has 0 unspecified atom stereocenters. The molecule has 0 radical (unpaired) electrons. The highest BCUT2D eigenvalue weighted by Crippen LogP contribution is 2.19. The van der Waals surface area contributed by atoms with Crippen molar-refractivity contribution >= 4 is 22.7 Å². The first-order valence-corrected chi connectivity index (χ1v) is 7.20. The molecule has 0 fully saturated rings. The minimum atomic E-state index is -0.00830. The van der Waals surface area contributed by atoms with Crippen LogP contribution < -0.4 is 5.56 Å². The zero-order valence-corrected chi connectivity index (χ0v) is 12.1. The van der Waals surface area contributed by atoms with Crippen LogP contribution in [0, 0.1) is 0 Å². The maximum absolute atomic E-state index is 12.3. The number of nitrogens with zero attached hydrogens (tertiary/aromatic N) is 4. The second-order valence-electron chi connectivity index (χ2n) is 4.52. The van der Waals surface area contributed by atoms with E-state index in [0.717, 1.165) is 16.5 Å². The summed E-state index contributed by atoms with van der Waals surface area (Å²) in [6, 6.07) is 7.42. The first-order valence-electron chi connectivity index (χ1n) is 6.21. The van der Waals surface area contributed by atoms with Gasteiger partial charge in [-0.3, -0.25) is 9.36 Å². The summed E-state index contributed by atoms with van der Waals surface area (Å²) in [4.78, 5) is 21.1. The van der Waals surface area contributed by atoms with E-state index in [-0.39, 0.29) is 5.56 Å². The maximum Gasteiger partial charge on any atom is 0.261 e. The third-order valence-electron chi connectivity index (χ3n) is 3.18. The second-order valence-corrected chi connectivity index (χ2v) is 5.46. The van der Waals surface area contributed by atoms with Gasteiger partial charge in [-0.2, -0.15) is 0 Å². The molecule has 0 saturated carbocycles. The number of fused-ring (bicyclic) bond motifs is 1. The molecule has 0 spiro atoms. The van der Waals surface area contributed by atoms with Gasteiger partial charge in [0.1, 0.15) is 5.82 Å². The molecule has 0 amide bonds. The number of rotatable bonds is 3. The van der Waals surface area contributed by atoms with E-state index >= 15 is 0 Å². The third kappa shape index (κ3) is 2.22. The number of imidazole rings is 1. The van der Waals surface area contributed by atoms with Crippen LogP contribution in [0.4, 0.5) is 0 Å². The molecule has 3 rings (SSSR count). The summed E-state index contributed by atoms with van der Waals surface area (Å²) in [5.74, 6) is 1.36. The number of para-hydroxylation sites is 1. The van der Waals surface area contributed by atoms with Gasteiger partial charge in [0.15, 0.2) is 5.16 Å². The Morgan fingerprint density at radius 2 is 2.05 bits per heavy atom. The largest absolute Gasteiger partial charge is 0.329 e. The number of benzene rings is 1. The molecule has 0 bridgehead atoms. The van der Waals surface area contributed by atoms with Gasteiger partial charge in [0.2, 0.25) is 0 Å². The van der Waals surface area contributed by atoms with E-state index in [1.54, 1.807) is 35.6 Å². The monoisotopic (exact) mass is 286 g/mol. The Balaban J connectivity index is 1.98. The lowest BCUT2D eigenvalue weighted by Crippen LogP contribution is -2.21. The Bertz CT molecular complexity index is 821. The molecule has 0 saturated heterocycles. The van der Waals surface area contributed by atoms with Gasteiger partial charge in [-0.1, -0.05) is 23.9 Å². The molecule has 0 atom stereocenters. The van der Waals surface area contributed by atoms with Crippen LogP contribution in [0.25, 0.3) is 10.9 Å². The van der Waals surface area contributed by atoms with E-state index in [4.69, 9.17) is 0 Å². The van der Waals surface area contributed by atoms with E-state index < -0.39 is 0 Å². The van der Waals surface area contributed by atoms with E-state index in [0.29, 0.717) is 11.1 Å². The van der Waals surface area contributed by atoms with Crippen molar-refractivity contribution in [2.75, 3.05) is 0 Å². The zero-order chi connectivity index (χ0) is 14.1. The molecule has 0 aliphatic carbocycles. The van der Waals surface area contributed by atoms with Crippen molar-refractivity contribution in [1.82, 2.24) is 19.1 Å². The van der Waals surface area contributed by atoms with Crippen LogP contribution >= 0.6 is 11.8 Å². The van der Waals surface area contributed by atoms with E-state index in [1.165, 1.54) is 0 Å². The molecular weight excluding hydrogens is 272 g/mol. The van der Waals surface area contributed by atoms with Gasteiger partial charge >= 0.3 is 0 Å². The highest BCUT2D eigenvalue weighted by atomic mass is 32.2. The Kier molecular flexibility index (Phi) is 3.31. The molecular formula is C14H14N4OS. The standard InChI is InChI=1S/C14H14N4OS/c1-17-8-7-15-14(17)20-9-12-16-11-6-4-3-5-10(11)13(19)18(12)2/h3-8H,9H2,1-2H3. The van der Waals surface area contributed by atoms with Crippen molar-refractivity contribution in [3.05, 3.63) is 52.8 Å². The topological polar surface area (TPSA) is 52.7 Å². The normalized spacial score (nSPS) is 11.1. The predicted octanol–water partition coefficient (Wildman–Crippen LogP) is 1.96. The van der Waals surface area contributed by atoms with E-state index in [2.05, 4.69) is 9.97 Å². The van der Waals surface area contributed by atoms with Gasteiger partial charge in [0.05, 0.1) is 16.7 Å². The van der Waals surface area contributed by atoms with Crippen LogP contribution in [0.15, 0.2) is 46.6 Å². The fraction of sp³-hybridized carbons (Fsp3) is 0.214. The van der Waals surface area contributed by atoms with Gasteiger partial charge < -0.3 is 4.57 Å². The number of aromatic nitrogens is 4. The average molecular weight is 286 g/mol. The van der Waals surface area contributed by atoms with Crippen LogP contribution in [-0.2, 0) is 19.8 Å². The van der Waals surface area contributed by atoms with Gasteiger partial charge in [-0.25, -0.2) is 9.97 Å². The summed E-state index contributed by atoms with van der Waals surface area (Å²) in [7, 11) is 3.71. The van der Waals surface area contributed by atoms with E-state index in [1.807, 2.05) is 36.0 Å². The number of hydrogen-bond donors (Lipinski definition) is 0. The van der Waals surface area contributed by atoms with Crippen molar-refractivity contribution in [3.8, 4) is 0 Å². The molecule has 0 aliphatic heterocycles. The first-order chi connectivity index (χ1) is 9.66. The van der Waals surface area contributed by atoms with Crippen molar-refractivity contribution in [2.45, 2.75) is 10.9 Å². The molecule has 1 aromatic carbocycles. The Morgan fingerprint density at radius 1 is 1.25 bits per heavy atom. The fourth-order valence-corrected chi connectivity index (χ4v) is 2.93. The summed E-state index contributed by atoms with van der Waals surface area (Å²) in [5.41, 5.74) is 0.733. The minimum absolute atomic E-state index is 0.00830. The number of thioether (sulfide) groups is 1. The summed E-state index contributed by atoms with van der Waals surface area (Å²) in [6.45, 7) is 0. The van der Waals surface area contributed by atoms with Gasteiger partial charge in [0, 0.05) is 26.5 Å². The third-order valence-corrected chi connectivity index (χ3v) is 4.24. The Labute approximate surface area is 120 Å². The van der Waals surface area contributed by atoms with Gasteiger partial charge in [-0.05, 0) is 12.1 Å². The first kappa shape index (κ1) is 12.9. The maximum atomic E-state index is 12.3. The minimum Gasteiger partial charge on any atom is -0.329 e. The summed E-state index contributed by atoms with van der Waals surface area (Å²) in [5, 5.41) is 1.56. The van der Waals surface area contributed by atoms with Crippen LogP contribution in [0.5, 0.6) is 0 Å². The quantitative estimate of drug-likeness (QED) is 0.691. The molecule has 5 nitrogen and oxygen atoms in total. The lowest BCUT2D eigenvalue weighted by atomic mass is 10.2. The molecule has 3 aromatic rings. The predicted molar refractivity (Wildman–Crippen MR) is 79.8 cm³/mol. The summed E-state index contributed by atoms with van der Waals surface area (Å²) in [6.07, 6.45) is 3.66. The van der Waals surface area contributed by atoms with Crippen LogP contribution in [-0.4, -0.2) is 19.1 Å². The van der Waals surface area contributed by atoms with E-state index in [9.17, 15) is 4.79 Å². The zero-order valence-electron chi connectivity index (χ0n) is 11.3. The van der Waals surface area contributed by atoms with Crippen molar-refractivity contribution < 1.29 is 0 Å². The lowest BCUT2D eigenvalue weighted by Gasteiger charge is -2.08. The molecule has 0 aliphatic rings. The van der Waals surface area contributed by atoms with Gasteiger partial charge in [-0.15, -0.1) is 0 Å². The SMILES string of the molecule is Cn1ccnc1SCc1nc2ccccc2c(=O)n1C. The Morgan fingerprint density at radius 3 is 2.80 bits per heavy atom. The highest BCUT2D eigenvalue weighted by Gasteiger charge is 2.09. The Hall–Kier alpha value is -2.08. The molecule has 20 heavy (non-hydrogen) atoms. The molecule has 2 heterocycles. The van der Waals surface area contributed by atoms with Crippen molar-refractivity contribution in [3.63, 3.8) is 0 Å². The van der Waals surface area contributed by atoms with Gasteiger partial charge in [0.25, 0.3) is 5.56 Å². The average Bonchev–Trinajstić information content (AvgIpc) is 2.87. The van der Waals surface area contributed by atoms with Crippen LogP contribution in [0.1, 0.15) is 5.82 Å². The molecule has 6 heteroatoms. The highest BCUT2D eigenvalue weighted by molar-refractivity contribution is 7.98. The van der Waals surface area contributed by atoms with Crippen LogP contribution in [0.2, 0.25) is 0 Å². The van der Waals surface area contributed by atoms with Crippen molar-refractivity contribution in [2.24, 2.45) is 14.1 Å². The lowest BCUT2D eigenvalue weighted by molar-refractivity contribution is 0.772.